The number of hydrogen-bond donors (Lipinski definition) is 2. The molecule has 0 rings (SSSR count). The van der Waals surface area contributed by atoms with Crippen LogP contribution in [-0.2, 0) is 14.3 Å². The summed E-state index contributed by atoms with van der Waals surface area (Å²) in [7, 11) is 0. The molecule has 0 aliphatic carbocycles. The van der Waals surface area contributed by atoms with Gasteiger partial charge in [-0.2, -0.15) is 0 Å². The molecule has 0 aromatic rings. The van der Waals surface area contributed by atoms with E-state index in [4.69, 9.17) is 10.2 Å². The molecule has 0 unspecified atom stereocenters. The molecule has 0 saturated heterocycles. The Balaban J connectivity index is 0. The summed E-state index contributed by atoms with van der Waals surface area (Å²) in [6.45, 7) is -1.48. The first-order valence-corrected chi connectivity index (χ1v) is 2.15. The number of carboxylic acids is 1. The first-order chi connectivity index (χ1) is 4.16. The van der Waals surface area contributed by atoms with Gasteiger partial charge in [-0.15, -0.1) is 0 Å². The van der Waals surface area contributed by atoms with E-state index in [0.29, 0.717) is 0 Å². The molecule has 0 aromatic carbocycles. The van der Waals surface area contributed by atoms with Gasteiger partial charge in [0.05, 0.1) is 0 Å². The van der Waals surface area contributed by atoms with Crippen LogP contribution >= 0.6 is 0 Å². The first-order valence-electron chi connectivity index (χ1n) is 2.15. The Hall–Kier alpha value is -0.100. The van der Waals surface area contributed by atoms with Crippen molar-refractivity contribution in [3.8, 4) is 0 Å². The van der Waals surface area contributed by atoms with Crippen LogP contribution in [0, 0.1) is 0 Å². The molecule has 0 aromatic heterocycles. The van der Waals surface area contributed by atoms with Crippen LogP contribution in [0.15, 0.2) is 0 Å². The van der Waals surface area contributed by atoms with Crippen LogP contribution in [0.1, 0.15) is 0 Å². The zero-order valence-corrected chi connectivity index (χ0v) is 7.53. The average molecular weight is 157 g/mol. The molecule has 0 spiro atoms. The molecule has 0 bridgehead atoms. The minimum Gasteiger partial charge on any atom is -0.479 e. The molecule has 0 aliphatic heterocycles. The number of rotatable bonds is 3. The third kappa shape index (κ3) is 7.90. The van der Waals surface area contributed by atoms with Crippen molar-refractivity contribution in [1.29, 1.82) is 0 Å². The van der Waals surface area contributed by atoms with Crippen LogP contribution in [0.5, 0.6) is 0 Å². The number of carbonyl (C=O) groups is 2. The third-order valence-electron chi connectivity index (χ3n) is 0.486. The molecule has 0 fully saturated rings. The third-order valence-corrected chi connectivity index (χ3v) is 0.486. The minimum absolute atomic E-state index is 0. The number of aliphatic carboxylic acids is 1. The molecule has 0 saturated carbocycles. The fraction of sp³-hybridized carbons (Fsp3) is 0.500. The van der Waals surface area contributed by atoms with Crippen molar-refractivity contribution >= 4 is 41.5 Å². The van der Waals surface area contributed by atoms with E-state index in [9.17, 15) is 9.59 Å². The maximum Gasteiger partial charge on any atom is 0.341 e. The molecule has 0 atom stereocenters. The van der Waals surface area contributed by atoms with Gasteiger partial charge in [-0.1, -0.05) is 0 Å². The van der Waals surface area contributed by atoms with E-state index in [1.807, 2.05) is 0 Å². The van der Waals surface area contributed by atoms with Crippen LogP contribution in [0.25, 0.3) is 0 Å². The predicted octanol–water partition coefficient (Wildman–Crippen LogP) is -1.77. The smallest absolute Gasteiger partial charge is 0.341 e. The van der Waals surface area contributed by atoms with Crippen LogP contribution < -0.4 is 0 Å². The summed E-state index contributed by atoms with van der Waals surface area (Å²) in [6.07, 6.45) is 0. The number of esters is 1. The maximum atomic E-state index is 9.98. The van der Waals surface area contributed by atoms with Crippen molar-refractivity contribution in [2.75, 3.05) is 13.2 Å². The van der Waals surface area contributed by atoms with Gasteiger partial charge in [0.2, 0.25) is 0 Å². The summed E-state index contributed by atoms with van der Waals surface area (Å²) < 4.78 is 3.96. The monoisotopic (exact) mass is 157 g/mol. The van der Waals surface area contributed by atoms with Crippen molar-refractivity contribution in [3.63, 3.8) is 0 Å². The molecule has 5 nitrogen and oxygen atoms in total. The van der Waals surface area contributed by atoms with E-state index in [1.54, 1.807) is 0 Å². The quantitative estimate of drug-likeness (QED) is 0.374. The van der Waals surface area contributed by atoms with E-state index in [1.165, 1.54) is 0 Å². The predicted molar refractivity (Wildman–Crippen MR) is 31.4 cm³/mol. The summed E-state index contributed by atoms with van der Waals surface area (Å²) in [5.74, 6) is -2.17. The summed E-state index contributed by atoms with van der Waals surface area (Å²) in [6, 6.07) is 0. The Kier molecular flexibility index (Phi) is 8.81. The number of carboxylic acid groups (broad SMARTS) is 1. The minimum atomic E-state index is -1.24. The van der Waals surface area contributed by atoms with Crippen LogP contribution in [0.2, 0.25) is 0 Å². The maximum absolute atomic E-state index is 9.98. The van der Waals surface area contributed by atoms with Gasteiger partial charge in [-0.25, -0.2) is 9.59 Å². The normalized spacial score (nSPS) is 7.70. The number of carbonyl (C=O) groups excluding carboxylic acids is 1. The average Bonchev–Trinajstić information content (AvgIpc) is 1.83. The fourth-order valence-corrected chi connectivity index (χ4v) is 0.188. The Morgan fingerprint density at radius 3 is 2.20 bits per heavy atom. The van der Waals surface area contributed by atoms with Crippen molar-refractivity contribution in [3.05, 3.63) is 0 Å². The summed E-state index contributed by atoms with van der Waals surface area (Å²) >= 11 is 0. The van der Waals surface area contributed by atoms with Crippen molar-refractivity contribution in [1.82, 2.24) is 0 Å². The molecule has 1 radical (unpaired) electrons. The Bertz CT molecular complexity index is 123. The summed E-state index contributed by atoms with van der Waals surface area (Å²) in [5.41, 5.74) is 0. The standard InChI is InChI=1S/C4H6O5.Na/c5-1-4(8)9-2-3(6)7;/h5H,1-2H2,(H,6,7);. The summed E-state index contributed by atoms with van der Waals surface area (Å²) in [4.78, 5) is 19.6. The van der Waals surface area contributed by atoms with E-state index >= 15 is 0 Å². The number of aliphatic hydroxyl groups is 1. The number of hydrogen-bond acceptors (Lipinski definition) is 4. The zero-order chi connectivity index (χ0) is 7.28. The van der Waals surface area contributed by atoms with Gasteiger partial charge in [0.15, 0.2) is 6.61 Å². The van der Waals surface area contributed by atoms with Gasteiger partial charge >= 0.3 is 11.9 Å². The van der Waals surface area contributed by atoms with Gasteiger partial charge in [0, 0.05) is 29.6 Å². The van der Waals surface area contributed by atoms with Gasteiger partial charge in [0.25, 0.3) is 0 Å². The molecule has 2 N–H and O–H groups in total. The topological polar surface area (TPSA) is 83.8 Å². The molecule has 53 valence electrons. The van der Waals surface area contributed by atoms with Crippen molar-refractivity contribution in [2.24, 2.45) is 0 Å². The first kappa shape index (κ1) is 12.6. The molecular formula is C4H6NaO5. The van der Waals surface area contributed by atoms with E-state index in [0.717, 1.165) is 0 Å². The Labute approximate surface area is 79.3 Å². The van der Waals surface area contributed by atoms with Crippen LogP contribution in [0.3, 0.4) is 0 Å². The molecular weight excluding hydrogens is 151 g/mol. The largest absolute Gasteiger partial charge is 0.479 e. The molecule has 6 heteroatoms. The number of aliphatic hydroxyl groups excluding tert-OH is 1. The van der Waals surface area contributed by atoms with E-state index < -0.39 is 25.2 Å². The molecule has 0 heterocycles. The van der Waals surface area contributed by atoms with Gasteiger partial charge in [-0.3, -0.25) is 0 Å². The molecule has 0 aliphatic rings. The second-order valence-corrected chi connectivity index (χ2v) is 1.21. The van der Waals surface area contributed by atoms with Gasteiger partial charge in [0.1, 0.15) is 6.61 Å². The Morgan fingerprint density at radius 2 is 1.90 bits per heavy atom. The van der Waals surface area contributed by atoms with Gasteiger partial charge in [-0.05, 0) is 0 Å². The Morgan fingerprint density at radius 1 is 1.40 bits per heavy atom. The van der Waals surface area contributed by atoms with Gasteiger partial charge < -0.3 is 14.9 Å². The number of ether oxygens (including phenoxy) is 1. The second kappa shape index (κ2) is 7.01. The van der Waals surface area contributed by atoms with Crippen LogP contribution in [-0.4, -0.2) is 64.9 Å². The van der Waals surface area contributed by atoms with E-state index in [-0.39, 0.29) is 29.6 Å². The van der Waals surface area contributed by atoms with Crippen LogP contribution in [0.4, 0.5) is 0 Å². The van der Waals surface area contributed by atoms with E-state index in [2.05, 4.69) is 4.74 Å². The van der Waals surface area contributed by atoms with Crippen molar-refractivity contribution in [2.45, 2.75) is 0 Å². The van der Waals surface area contributed by atoms with Crippen molar-refractivity contribution < 1.29 is 24.5 Å². The second-order valence-electron chi connectivity index (χ2n) is 1.21. The zero-order valence-electron chi connectivity index (χ0n) is 5.53. The SMILES string of the molecule is O=C(O)COC(=O)CO.[Na]. The fourth-order valence-electron chi connectivity index (χ4n) is 0.188. The molecule has 10 heavy (non-hydrogen) atoms. The molecule has 0 amide bonds. The summed E-state index contributed by atoms with van der Waals surface area (Å²) in [5, 5.41) is 15.9.